The van der Waals surface area contributed by atoms with Gasteiger partial charge < -0.3 is 9.47 Å². The Balaban J connectivity index is 2.29. The van der Waals surface area contributed by atoms with E-state index in [0.29, 0.717) is 5.92 Å². The summed E-state index contributed by atoms with van der Waals surface area (Å²) in [7, 11) is 0. The largest absolute Gasteiger partial charge is 0.347 e. The third-order valence-electron chi connectivity index (χ3n) is 4.64. The molecule has 0 aromatic rings. The smallest absolute Gasteiger partial charge is 0.171 e. The second-order valence-electron chi connectivity index (χ2n) is 5.27. The van der Waals surface area contributed by atoms with Crippen LogP contribution in [0, 0.1) is 11.3 Å². The monoisotopic (exact) mass is 210 g/mol. The Morgan fingerprint density at radius 1 is 1.27 bits per heavy atom. The van der Waals surface area contributed by atoms with Crippen LogP contribution in [0.1, 0.15) is 40.5 Å². The van der Waals surface area contributed by atoms with Crippen molar-refractivity contribution in [1.29, 1.82) is 0 Å². The second kappa shape index (κ2) is 3.60. The summed E-state index contributed by atoms with van der Waals surface area (Å²) in [5.74, 6) is 0.149. The SMILES string of the molecule is CC1=CCCC(C)(C2(C)OCCO2)C1C. The van der Waals surface area contributed by atoms with E-state index in [1.165, 1.54) is 5.57 Å². The summed E-state index contributed by atoms with van der Waals surface area (Å²) in [5, 5.41) is 0. The Morgan fingerprint density at radius 3 is 2.47 bits per heavy atom. The first-order valence-electron chi connectivity index (χ1n) is 5.94. The molecule has 15 heavy (non-hydrogen) atoms. The van der Waals surface area contributed by atoms with E-state index in [9.17, 15) is 0 Å². The fourth-order valence-corrected chi connectivity index (χ4v) is 2.96. The molecule has 0 saturated carbocycles. The third kappa shape index (κ3) is 1.55. The van der Waals surface area contributed by atoms with Crippen LogP contribution in [-0.4, -0.2) is 19.0 Å². The Labute approximate surface area is 92.6 Å². The van der Waals surface area contributed by atoms with E-state index in [2.05, 4.69) is 33.8 Å². The molecule has 2 unspecified atom stereocenters. The zero-order chi connectivity index (χ0) is 11.1. The average Bonchev–Trinajstić information content (AvgIpc) is 2.63. The lowest BCUT2D eigenvalue weighted by atomic mass is 9.63. The molecule has 1 aliphatic carbocycles. The van der Waals surface area contributed by atoms with Gasteiger partial charge in [0.2, 0.25) is 0 Å². The number of ether oxygens (including phenoxy) is 2. The molecular formula is C13H22O2. The van der Waals surface area contributed by atoms with Crippen LogP contribution in [0.3, 0.4) is 0 Å². The van der Waals surface area contributed by atoms with Gasteiger partial charge in [0.15, 0.2) is 5.79 Å². The van der Waals surface area contributed by atoms with Crippen molar-refractivity contribution in [3.8, 4) is 0 Å². The van der Waals surface area contributed by atoms with Crippen LogP contribution in [0.2, 0.25) is 0 Å². The molecule has 1 heterocycles. The number of rotatable bonds is 1. The Morgan fingerprint density at radius 2 is 1.87 bits per heavy atom. The predicted molar refractivity (Wildman–Crippen MR) is 60.6 cm³/mol. The van der Waals surface area contributed by atoms with E-state index in [1.54, 1.807) is 0 Å². The summed E-state index contributed by atoms with van der Waals surface area (Å²) < 4.78 is 11.7. The average molecular weight is 210 g/mol. The van der Waals surface area contributed by atoms with Gasteiger partial charge in [0, 0.05) is 5.41 Å². The highest BCUT2D eigenvalue weighted by molar-refractivity contribution is 5.14. The van der Waals surface area contributed by atoms with Gasteiger partial charge in [-0.1, -0.05) is 25.5 Å². The molecule has 0 aromatic carbocycles. The van der Waals surface area contributed by atoms with Crippen molar-refractivity contribution in [3.05, 3.63) is 11.6 Å². The molecule has 1 fully saturated rings. The maximum Gasteiger partial charge on any atom is 0.171 e. The van der Waals surface area contributed by atoms with E-state index in [-0.39, 0.29) is 11.2 Å². The Hall–Kier alpha value is -0.340. The van der Waals surface area contributed by atoms with Gasteiger partial charge in [-0.15, -0.1) is 0 Å². The van der Waals surface area contributed by atoms with Gasteiger partial charge in [0.1, 0.15) is 0 Å². The molecule has 0 bridgehead atoms. The van der Waals surface area contributed by atoms with Crippen molar-refractivity contribution in [3.63, 3.8) is 0 Å². The zero-order valence-corrected chi connectivity index (χ0v) is 10.3. The molecule has 0 aromatic heterocycles. The van der Waals surface area contributed by atoms with Gasteiger partial charge in [-0.05, 0) is 32.6 Å². The molecule has 0 spiro atoms. The molecule has 2 nitrogen and oxygen atoms in total. The maximum absolute atomic E-state index is 5.85. The van der Waals surface area contributed by atoms with Crippen LogP contribution in [0.15, 0.2) is 11.6 Å². The normalized spacial score (nSPS) is 40.3. The van der Waals surface area contributed by atoms with Crippen molar-refractivity contribution in [2.75, 3.05) is 13.2 Å². The highest BCUT2D eigenvalue weighted by atomic mass is 16.7. The molecule has 2 atom stereocenters. The first-order chi connectivity index (χ1) is 7.00. The highest BCUT2D eigenvalue weighted by Gasteiger charge is 2.53. The summed E-state index contributed by atoms with van der Waals surface area (Å²) in [6.07, 6.45) is 4.65. The first-order valence-corrected chi connectivity index (χ1v) is 5.94. The Kier molecular flexibility index (Phi) is 2.68. The Bertz CT molecular complexity index is 276. The zero-order valence-electron chi connectivity index (χ0n) is 10.3. The van der Waals surface area contributed by atoms with Crippen LogP contribution in [0.25, 0.3) is 0 Å². The molecule has 0 radical (unpaired) electrons. The minimum absolute atomic E-state index is 0.113. The summed E-state index contributed by atoms with van der Waals surface area (Å²) in [6.45, 7) is 10.4. The van der Waals surface area contributed by atoms with Gasteiger partial charge in [-0.3, -0.25) is 0 Å². The standard InChI is InChI=1S/C13H22O2/c1-10-6-5-7-12(3,11(10)2)13(4)14-8-9-15-13/h6,11H,5,7-9H2,1-4H3. The van der Waals surface area contributed by atoms with Gasteiger partial charge in [-0.25, -0.2) is 0 Å². The van der Waals surface area contributed by atoms with Crippen molar-refractivity contribution < 1.29 is 9.47 Å². The van der Waals surface area contributed by atoms with Crippen LogP contribution in [-0.2, 0) is 9.47 Å². The first kappa shape index (κ1) is 11.2. The van der Waals surface area contributed by atoms with Crippen molar-refractivity contribution >= 4 is 0 Å². The molecule has 0 amide bonds. The molecule has 2 aliphatic rings. The number of hydrogen-bond donors (Lipinski definition) is 0. The van der Waals surface area contributed by atoms with E-state index < -0.39 is 0 Å². The van der Waals surface area contributed by atoms with Crippen LogP contribution >= 0.6 is 0 Å². The quantitative estimate of drug-likeness (QED) is 0.619. The maximum atomic E-state index is 5.85. The van der Waals surface area contributed by atoms with Crippen LogP contribution < -0.4 is 0 Å². The fourth-order valence-electron chi connectivity index (χ4n) is 2.96. The van der Waals surface area contributed by atoms with Gasteiger partial charge in [0.25, 0.3) is 0 Å². The molecule has 2 rings (SSSR count). The minimum Gasteiger partial charge on any atom is -0.347 e. The summed E-state index contributed by atoms with van der Waals surface area (Å²) in [4.78, 5) is 0. The highest BCUT2D eigenvalue weighted by Crippen LogP contribution is 2.51. The van der Waals surface area contributed by atoms with E-state index in [1.807, 2.05) is 0 Å². The summed E-state index contributed by atoms with van der Waals surface area (Å²) in [5.41, 5.74) is 1.59. The van der Waals surface area contributed by atoms with Crippen LogP contribution in [0.5, 0.6) is 0 Å². The van der Waals surface area contributed by atoms with E-state index in [0.717, 1.165) is 26.1 Å². The summed E-state index contributed by atoms with van der Waals surface area (Å²) >= 11 is 0. The van der Waals surface area contributed by atoms with Gasteiger partial charge >= 0.3 is 0 Å². The summed E-state index contributed by atoms with van der Waals surface area (Å²) in [6, 6.07) is 0. The van der Waals surface area contributed by atoms with E-state index >= 15 is 0 Å². The molecule has 0 N–H and O–H groups in total. The predicted octanol–water partition coefficient (Wildman–Crippen LogP) is 3.13. The minimum atomic E-state index is -0.387. The van der Waals surface area contributed by atoms with Crippen molar-refractivity contribution in [1.82, 2.24) is 0 Å². The molecule has 1 saturated heterocycles. The molecular weight excluding hydrogens is 188 g/mol. The molecule has 86 valence electrons. The number of allylic oxidation sites excluding steroid dienone is 2. The lowest BCUT2D eigenvalue weighted by Crippen LogP contribution is -2.50. The van der Waals surface area contributed by atoms with Gasteiger partial charge in [-0.2, -0.15) is 0 Å². The van der Waals surface area contributed by atoms with Crippen LogP contribution in [0.4, 0.5) is 0 Å². The number of hydrogen-bond acceptors (Lipinski definition) is 2. The van der Waals surface area contributed by atoms with E-state index in [4.69, 9.17) is 9.47 Å². The lowest BCUT2D eigenvalue weighted by Gasteiger charge is -2.48. The fraction of sp³-hybridized carbons (Fsp3) is 0.846. The topological polar surface area (TPSA) is 18.5 Å². The third-order valence-corrected chi connectivity index (χ3v) is 4.64. The molecule has 1 aliphatic heterocycles. The van der Waals surface area contributed by atoms with Crippen molar-refractivity contribution in [2.45, 2.75) is 46.3 Å². The van der Waals surface area contributed by atoms with Gasteiger partial charge in [0.05, 0.1) is 13.2 Å². The second-order valence-corrected chi connectivity index (χ2v) is 5.27. The molecule has 2 heteroatoms. The lowest BCUT2D eigenvalue weighted by molar-refractivity contribution is -0.235. The van der Waals surface area contributed by atoms with Crippen molar-refractivity contribution in [2.24, 2.45) is 11.3 Å².